The predicted molar refractivity (Wildman–Crippen MR) is 88.2 cm³/mol. The van der Waals surface area contributed by atoms with E-state index in [1.165, 1.54) is 13.2 Å². The number of hydrogen-bond donors (Lipinski definition) is 0. The molecule has 0 saturated heterocycles. The molecule has 0 radical (unpaired) electrons. The Morgan fingerprint density at radius 2 is 2.08 bits per heavy atom. The molecule has 5 nitrogen and oxygen atoms in total. The van der Waals surface area contributed by atoms with E-state index in [0.717, 1.165) is 28.8 Å². The Bertz CT molecular complexity index is 1020. The number of thiophene rings is 1. The largest absolute Gasteiger partial charge is 0.496 e. The molecule has 0 spiro atoms. The van der Waals surface area contributed by atoms with Gasteiger partial charge in [0, 0.05) is 17.0 Å². The Morgan fingerprint density at radius 1 is 1.32 bits per heavy atom. The molecule has 1 aromatic carbocycles. The number of carbonyl (C=O) groups excluding carboxylic acids is 1. The van der Waals surface area contributed by atoms with E-state index in [9.17, 15) is 18.4 Å². The zero-order valence-electron chi connectivity index (χ0n) is 13.2. The molecule has 0 atom stereocenters. The third-order valence-corrected chi connectivity index (χ3v) is 4.46. The number of halogens is 2. The molecule has 0 saturated carbocycles. The minimum atomic E-state index is -0.985. The number of methoxy groups -OCH3 is 1. The van der Waals surface area contributed by atoms with Crippen LogP contribution in [0.2, 0.25) is 0 Å². The van der Waals surface area contributed by atoms with Crippen molar-refractivity contribution in [2.24, 2.45) is 0 Å². The van der Waals surface area contributed by atoms with Gasteiger partial charge in [0.05, 0.1) is 24.0 Å². The van der Waals surface area contributed by atoms with Crippen LogP contribution in [0.25, 0.3) is 21.2 Å². The van der Waals surface area contributed by atoms with Crippen LogP contribution in [0.4, 0.5) is 8.78 Å². The molecule has 8 heteroatoms. The van der Waals surface area contributed by atoms with Gasteiger partial charge in [-0.1, -0.05) is 0 Å². The number of benzene rings is 1. The second kappa shape index (κ2) is 6.64. The molecule has 0 aliphatic carbocycles. The molecule has 0 bridgehead atoms. The number of hydrogen-bond acceptors (Lipinski definition) is 6. The number of ether oxygens (including phenoxy) is 2. The Kier molecular flexibility index (Phi) is 4.54. The average molecular weight is 366 g/mol. The van der Waals surface area contributed by atoms with Crippen LogP contribution in [0.15, 0.2) is 32.8 Å². The van der Waals surface area contributed by atoms with Gasteiger partial charge in [-0.15, -0.1) is 11.3 Å². The molecular weight excluding hydrogens is 354 g/mol. The zero-order chi connectivity index (χ0) is 18.1. The highest BCUT2D eigenvalue weighted by Gasteiger charge is 2.27. The van der Waals surface area contributed by atoms with Crippen LogP contribution in [-0.4, -0.2) is 19.7 Å². The fourth-order valence-electron chi connectivity index (χ4n) is 2.47. The minimum Gasteiger partial charge on any atom is -0.496 e. The third-order valence-electron chi connectivity index (χ3n) is 3.49. The minimum absolute atomic E-state index is 0.0549. The van der Waals surface area contributed by atoms with E-state index in [1.807, 2.05) is 0 Å². The van der Waals surface area contributed by atoms with E-state index in [4.69, 9.17) is 13.9 Å². The molecule has 3 rings (SSSR count). The van der Waals surface area contributed by atoms with Gasteiger partial charge in [-0.3, -0.25) is 0 Å². The SMILES string of the molecule is CCOC(=O)c1oc(=O)c2c(F)csc2c1-c1ccc(F)cc1OC. The fourth-order valence-corrected chi connectivity index (χ4v) is 3.42. The monoisotopic (exact) mass is 366 g/mol. The van der Waals surface area contributed by atoms with Crippen LogP contribution in [0.1, 0.15) is 17.5 Å². The van der Waals surface area contributed by atoms with Crippen LogP contribution in [0.3, 0.4) is 0 Å². The maximum Gasteiger partial charge on any atom is 0.375 e. The molecule has 130 valence electrons. The van der Waals surface area contributed by atoms with Gasteiger partial charge in [0.2, 0.25) is 5.76 Å². The number of carbonyl (C=O) groups is 1. The normalized spacial score (nSPS) is 10.9. The molecule has 0 aliphatic rings. The molecule has 0 amide bonds. The summed E-state index contributed by atoms with van der Waals surface area (Å²) >= 11 is 0.931. The average Bonchev–Trinajstić information content (AvgIpc) is 2.97. The van der Waals surface area contributed by atoms with Crippen molar-refractivity contribution in [2.45, 2.75) is 6.92 Å². The molecule has 0 N–H and O–H groups in total. The first-order valence-corrected chi connectivity index (χ1v) is 8.10. The molecule has 0 aliphatic heterocycles. The lowest BCUT2D eigenvalue weighted by Gasteiger charge is -2.12. The highest BCUT2D eigenvalue weighted by Crippen LogP contribution is 2.40. The number of esters is 1. The molecule has 2 aromatic heterocycles. The summed E-state index contributed by atoms with van der Waals surface area (Å²) in [7, 11) is 1.33. The summed E-state index contributed by atoms with van der Waals surface area (Å²) in [5.74, 6) is -2.46. The predicted octanol–water partition coefficient (Wildman–Crippen LogP) is 3.99. The zero-order valence-corrected chi connectivity index (χ0v) is 14.0. The second-order valence-electron chi connectivity index (χ2n) is 4.95. The molecular formula is C17H12F2O5S. The summed E-state index contributed by atoms with van der Waals surface area (Å²) < 4.78 is 42.8. The van der Waals surface area contributed by atoms with Gasteiger partial charge < -0.3 is 13.9 Å². The Balaban J connectivity index is 2.43. The van der Waals surface area contributed by atoms with Crippen LogP contribution in [-0.2, 0) is 4.74 Å². The van der Waals surface area contributed by atoms with E-state index in [2.05, 4.69) is 0 Å². The molecule has 0 fully saturated rings. The first kappa shape index (κ1) is 17.1. The van der Waals surface area contributed by atoms with Gasteiger partial charge in [0.1, 0.15) is 22.8 Å². The van der Waals surface area contributed by atoms with Gasteiger partial charge in [-0.05, 0) is 19.1 Å². The summed E-state index contributed by atoms with van der Waals surface area (Å²) in [5, 5.41) is 0.857. The van der Waals surface area contributed by atoms with E-state index >= 15 is 0 Å². The van der Waals surface area contributed by atoms with Crippen molar-refractivity contribution in [2.75, 3.05) is 13.7 Å². The highest BCUT2D eigenvalue weighted by molar-refractivity contribution is 7.17. The molecule has 3 aromatic rings. The molecule has 25 heavy (non-hydrogen) atoms. The summed E-state index contributed by atoms with van der Waals surface area (Å²) in [6.45, 7) is 1.65. The van der Waals surface area contributed by atoms with Gasteiger partial charge in [0.25, 0.3) is 0 Å². The third kappa shape index (κ3) is 2.89. The maximum absolute atomic E-state index is 14.0. The summed E-state index contributed by atoms with van der Waals surface area (Å²) in [5.41, 5.74) is -0.581. The lowest BCUT2D eigenvalue weighted by Crippen LogP contribution is -2.12. The lowest BCUT2D eigenvalue weighted by molar-refractivity contribution is 0.0487. The van der Waals surface area contributed by atoms with Crippen molar-refractivity contribution in [3.63, 3.8) is 0 Å². The van der Waals surface area contributed by atoms with E-state index < -0.39 is 23.2 Å². The lowest BCUT2D eigenvalue weighted by atomic mass is 10.0. The van der Waals surface area contributed by atoms with Gasteiger partial charge in [-0.2, -0.15) is 0 Å². The van der Waals surface area contributed by atoms with Crippen LogP contribution >= 0.6 is 11.3 Å². The summed E-state index contributed by atoms with van der Waals surface area (Å²) in [6, 6.07) is 3.64. The van der Waals surface area contributed by atoms with Gasteiger partial charge >= 0.3 is 11.6 Å². The van der Waals surface area contributed by atoms with Crippen molar-refractivity contribution in [1.82, 2.24) is 0 Å². The van der Waals surface area contributed by atoms with Crippen molar-refractivity contribution in [3.8, 4) is 16.9 Å². The second-order valence-corrected chi connectivity index (χ2v) is 5.83. The standard InChI is InChI=1S/C17H12F2O5S/c1-3-23-17(21)14-12(9-5-4-8(18)6-11(9)22-2)15-13(16(20)24-14)10(19)7-25-15/h4-7H,3H2,1-2H3. The van der Waals surface area contributed by atoms with Crippen LogP contribution < -0.4 is 10.4 Å². The van der Waals surface area contributed by atoms with Crippen molar-refractivity contribution in [3.05, 3.63) is 51.4 Å². The molecule has 2 heterocycles. The van der Waals surface area contributed by atoms with Gasteiger partial charge in [-0.25, -0.2) is 18.4 Å². The van der Waals surface area contributed by atoms with E-state index in [0.29, 0.717) is 0 Å². The maximum atomic E-state index is 14.0. The van der Waals surface area contributed by atoms with E-state index in [-0.39, 0.29) is 39.3 Å². The van der Waals surface area contributed by atoms with E-state index in [1.54, 1.807) is 6.92 Å². The van der Waals surface area contributed by atoms with Gasteiger partial charge in [0.15, 0.2) is 0 Å². The summed E-state index contributed by atoms with van der Waals surface area (Å²) in [4.78, 5) is 24.3. The van der Waals surface area contributed by atoms with Crippen LogP contribution in [0, 0.1) is 11.6 Å². The van der Waals surface area contributed by atoms with Crippen molar-refractivity contribution >= 4 is 27.4 Å². The topological polar surface area (TPSA) is 65.7 Å². The highest BCUT2D eigenvalue weighted by atomic mass is 32.1. The quantitative estimate of drug-likeness (QED) is 0.654. The number of rotatable bonds is 4. The first-order valence-electron chi connectivity index (χ1n) is 7.22. The number of fused-ring (bicyclic) bond motifs is 1. The van der Waals surface area contributed by atoms with Crippen molar-refractivity contribution < 1.29 is 27.5 Å². The first-order chi connectivity index (χ1) is 12.0. The van der Waals surface area contributed by atoms with Crippen molar-refractivity contribution in [1.29, 1.82) is 0 Å². The Labute approximate surface area is 144 Å². The summed E-state index contributed by atoms with van der Waals surface area (Å²) in [6.07, 6.45) is 0. The fraction of sp³-hybridized carbons (Fsp3) is 0.176. The molecule has 0 unspecified atom stereocenters. The Hall–Kier alpha value is -2.74. The van der Waals surface area contributed by atoms with Crippen LogP contribution in [0.5, 0.6) is 5.75 Å². The Morgan fingerprint density at radius 3 is 2.76 bits per heavy atom. The smallest absolute Gasteiger partial charge is 0.375 e.